The van der Waals surface area contributed by atoms with Gasteiger partial charge in [-0.2, -0.15) is 0 Å². The van der Waals surface area contributed by atoms with Gasteiger partial charge < -0.3 is 4.74 Å². The third-order valence-electron chi connectivity index (χ3n) is 2.33. The van der Waals surface area contributed by atoms with E-state index in [1.54, 1.807) is 12.1 Å². The van der Waals surface area contributed by atoms with Gasteiger partial charge in [-0.1, -0.05) is 11.6 Å². The summed E-state index contributed by atoms with van der Waals surface area (Å²) in [5, 5.41) is 11.3. The van der Waals surface area contributed by atoms with Gasteiger partial charge in [0.1, 0.15) is 17.0 Å². The smallest absolute Gasteiger partial charge is 0.276 e. The topological polar surface area (TPSA) is 65.3 Å². The first-order valence-corrected chi connectivity index (χ1v) is 6.40. The number of benzene rings is 1. The van der Waals surface area contributed by atoms with E-state index < -0.39 is 4.92 Å². The lowest BCUT2D eigenvalue weighted by Gasteiger charge is -2.07. The zero-order chi connectivity index (χ0) is 13.8. The molecule has 2 rings (SSSR count). The van der Waals surface area contributed by atoms with Crippen LogP contribution in [0.2, 0.25) is 5.02 Å². The van der Waals surface area contributed by atoms with Gasteiger partial charge >= 0.3 is 0 Å². The van der Waals surface area contributed by atoms with Crippen molar-refractivity contribution >= 4 is 33.2 Å². The summed E-state index contributed by atoms with van der Waals surface area (Å²) < 4.78 is 6.13. The molecule has 7 heteroatoms. The number of halogens is 2. The molecular weight excluding hydrogens is 336 g/mol. The number of nitro groups is 1. The second kappa shape index (κ2) is 5.99. The van der Waals surface area contributed by atoms with Gasteiger partial charge in [-0.3, -0.25) is 10.1 Å². The minimum absolute atomic E-state index is 0.0190. The predicted molar refractivity (Wildman–Crippen MR) is 74.4 cm³/mol. The van der Waals surface area contributed by atoms with Crippen LogP contribution in [-0.2, 0) is 6.61 Å². The third kappa shape index (κ3) is 3.65. The summed E-state index contributed by atoms with van der Waals surface area (Å²) in [6.45, 7) is 0.0557. The highest BCUT2D eigenvalue weighted by Crippen LogP contribution is 2.24. The molecule has 0 atom stereocenters. The monoisotopic (exact) mass is 342 g/mol. The van der Waals surface area contributed by atoms with Crippen molar-refractivity contribution in [3.8, 4) is 5.75 Å². The molecule has 0 aliphatic rings. The third-order valence-corrected chi connectivity index (χ3v) is 3.04. The number of hydrogen-bond acceptors (Lipinski definition) is 4. The highest BCUT2D eigenvalue weighted by atomic mass is 79.9. The van der Waals surface area contributed by atoms with Gasteiger partial charge in [0, 0.05) is 11.1 Å². The van der Waals surface area contributed by atoms with Crippen molar-refractivity contribution in [3.05, 3.63) is 61.8 Å². The van der Waals surface area contributed by atoms with Gasteiger partial charge in [-0.15, -0.1) is 0 Å². The van der Waals surface area contributed by atoms with Crippen molar-refractivity contribution in [2.24, 2.45) is 0 Å². The Balaban J connectivity index is 2.16. The molecule has 1 aromatic heterocycles. The number of nitrogens with zero attached hydrogens (tertiary/aromatic N) is 2. The predicted octanol–water partition coefficient (Wildman–Crippen LogP) is 3.98. The largest absolute Gasteiger partial charge is 0.487 e. The Labute approximate surface area is 122 Å². The number of rotatable bonds is 4. The minimum Gasteiger partial charge on any atom is -0.487 e. The molecule has 1 heterocycles. The summed E-state index contributed by atoms with van der Waals surface area (Å²) >= 11 is 9.04. The fraction of sp³-hybridized carbons (Fsp3) is 0.0833. The second-order valence-corrected chi connectivity index (χ2v) is 4.88. The van der Waals surface area contributed by atoms with Crippen LogP contribution in [0.5, 0.6) is 5.75 Å². The number of aromatic nitrogens is 1. The second-order valence-electron chi connectivity index (χ2n) is 3.64. The van der Waals surface area contributed by atoms with Crippen molar-refractivity contribution in [3.63, 3.8) is 0 Å². The maximum Gasteiger partial charge on any atom is 0.276 e. The number of nitro benzene ring substituents is 1. The molecule has 0 aliphatic carbocycles. The molecule has 0 unspecified atom stereocenters. The van der Waals surface area contributed by atoms with Crippen LogP contribution in [-0.4, -0.2) is 9.91 Å². The Morgan fingerprint density at radius 1 is 1.37 bits per heavy atom. The quantitative estimate of drug-likeness (QED) is 0.478. The van der Waals surface area contributed by atoms with Gasteiger partial charge in [-0.05, 0) is 40.2 Å². The van der Waals surface area contributed by atoms with E-state index in [0.29, 0.717) is 20.9 Å². The molecule has 2 aromatic rings. The summed E-state index contributed by atoms with van der Waals surface area (Å²) in [4.78, 5) is 14.4. The lowest BCUT2D eigenvalue weighted by molar-refractivity contribution is -0.385. The van der Waals surface area contributed by atoms with Crippen LogP contribution >= 0.6 is 27.5 Å². The normalized spacial score (nSPS) is 10.2. The molecule has 19 heavy (non-hydrogen) atoms. The number of ether oxygens (including phenoxy) is 1. The molecule has 0 spiro atoms. The summed E-state index contributed by atoms with van der Waals surface area (Å²) in [5.74, 6) is 0.525. The van der Waals surface area contributed by atoms with E-state index in [2.05, 4.69) is 20.9 Å². The summed E-state index contributed by atoms with van der Waals surface area (Å²) in [6, 6.07) is 7.80. The van der Waals surface area contributed by atoms with E-state index in [4.69, 9.17) is 16.3 Å². The highest BCUT2D eigenvalue weighted by molar-refractivity contribution is 9.10. The maximum absolute atomic E-state index is 10.9. The van der Waals surface area contributed by atoms with Crippen LogP contribution in [0.25, 0.3) is 0 Å². The average molecular weight is 344 g/mol. The van der Waals surface area contributed by atoms with Gasteiger partial charge in [0.2, 0.25) is 0 Å². The summed E-state index contributed by atoms with van der Waals surface area (Å²) in [7, 11) is 0. The summed E-state index contributed by atoms with van der Waals surface area (Å²) in [5.41, 5.74) is 0.398. The number of pyridine rings is 1. The fourth-order valence-electron chi connectivity index (χ4n) is 1.46. The van der Waals surface area contributed by atoms with Crippen molar-refractivity contribution in [2.75, 3.05) is 0 Å². The standard InChI is InChI=1S/C12H8BrClN2O3/c13-12-4-2-10(6-15-12)19-7-8-5-9(14)1-3-11(8)16(17)18/h1-6H,7H2. The minimum atomic E-state index is -0.463. The van der Waals surface area contributed by atoms with Crippen LogP contribution in [0, 0.1) is 10.1 Å². The van der Waals surface area contributed by atoms with E-state index in [9.17, 15) is 10.1 Å². The first kappa shape index (κ1) is 13.8. The summed E-state index contributed by atoms with van der Waals surface area (Å²) in [6.07, 6.45) is 1.53. The van der Waals surface area contributed by atoms with Crippen molar-refractivity contribution in [1.29, 1.82) is 0 Å². The van der Waals surface area contributed by atoms with Gasteiger partial charge in [0.15, 0.2) is 0 Å². The van der Waals surface area contributed by atoms with E-state index in [-0.39, 0.29) is 12.3 Å². The molecular formula is C12H8BrClN2O3. The molecule has 1 aromatic carbocycles. The first-order chi connectivity index (χ1) is 9.06. The Hall–Kier alpha value is -1.66. The van der Waals surface area contributed by atoms with Gasteiger partial charge in [0.25, 0.3) is 5.69 Å². The van der Waals surface area contributed by atoms with Crippen LogP contribution in [0.3, 0.4) is 0 Å². The van der Waals surface area contributed by atoms with Crippen molar-refractivity contribution in [1.82, 2.24) is 4.98 Å². The van der Waals surface area contributed by atoms with Crippen LogP contribution in [0.15, 0.2) is 41.1 Å². The fourth-order valence-corrected chi connectivity index (χ4v) is 1.89. The van der Waals surface area contributed by atoms with Crippen molar-refractivity contribution < 1.29 is 9.66 Å². The zero-order valence-electron chi connectivity index (χ0n) is 9.55. The van der Waals surface area contributed by atoms with Crippen LogP contribution in [0.4, 0.5) is 5.69 Å². The molecule has 0 saturated heterocycles. The van der Waals surface area contributed by atoms with Crippen molar-refractivity contribution in [2.45, 2.75) is 6.61 Å². The molecule has 0 fully saturated rings. The van der Waals surface area contributed by atoms with Gasteiger partial charge in [-0.25, -0.2) is 4.98 Å². The van der Waals surface area contributed by atoms with E-state index in [1.165, 1.54) is 24.4 Å². The molecule has 5 nitrogen and oxygen atoms in total. The Bertz CT molecular complexity index is 604. The van der Waals surface area contributed by atoms with E-state index in [0.717, 1.165) is 0 Å². The lowest BCUT2D eigenvalue weighted by atomic mass is 10.2. The van der Waals surface area contributed by atoms with E-state index >= 15 is 0 Å². The lowest BCUT2D eigenvalue weighted by Crippen LogP contribution is -2.00. The molecule has 98 valence electrons. The first-order valence-electron chi connectivity index (χ1n) is 5.23. The molecule has 0 amide bonds. The zero-order valence-corrected chi connectivity index (χ0v) is 11.9. The van der Waals surface area contributed by atoms with Crippen LogP contribution < -0.4 is 4.74 Å². The SMILES string of the molecule is O=[N+]([O-])c1ccc(Cl)cc1COc1ccc(Br)nc1. The molecule has 0 saturated carbocycles. The van der Waals surface area contributed by atoms with Gasteiger partial charge in [0.05, 0.1) is 16.7 Å². The molecule has 0 N–H and O–H groups in total. The maximum atomic E-state index is 10.9. The molecule has 0 bridgehead atoms. The highest BCUT2D eigenvalue weighted by Gasteiger charge is 2.14. The Morgan fingerprint density at radius 3 is 2.79 bits per heavy atom. The van der Waals surface area contributed by atoms with E-state index in [1.807, 2.05) is 0 Å². The Kier molecular flexibility index (Phi) is 4.34. The average Bonchev–Trinajstić information content (AvgIpc) is 2.38. The molecule has 0 radical (unpaired) electrons. The number of hydrogen-bond donors (Lipinski definition) is 0. The van der Waals surface area contributed by atoms with Crippen LogP contribution in [0.1, 0.15) is 5.56 Å². The Morgan fingerprint density at radius 2 is 2.16 bits per heavy atom. The molecule has 0 aliphatic heterocycles.